The number of carbonyl (C=O) groups excluding carboxylic acids is 3. The maximum atomic E-state index is 12.8. The van der Waals surface area contributed by atoms with E-state index in [4.69, 9.17) is 14.2 Å². The topological polar surface area (TPSA) is 78.9 Å². The van der Waals surface area contributed by atoms with Crippen LogP contribution in [0.1, 0.15) is 278 Å². The normalized spacial score (nSPS) is 12.8. The van der Waals surface area contributed by atoms with Crippen molar-refractivity contribution in [3.63, 3.8) is 0 Å². The molecular formula is C65H110O6. The van der Waals surface area contributed by atoms with Gasteiger partial charge in [0.1, 0.15) is 13.2 Å². The van der Waals surface area contributed by atoms with Crippen LogP contribution in [-0.4, -0.2) is 37.2 Å². The molecule has 0 aliphatic heterocycles. The van der Waals surface area contributed by atoms with Crippen LogP contribution >= 0.6 is 0 Å². The first-order valence-corrected chi connectivity index (χ1v) is 29.7. The molecule has 1 unspecified atom stereocenters. The van der Waals surface area contributed by atoms with Crippen LogP contribution in [0.5, 0.6) is 0 Å². The summed E-state index contributed by atoms with van der Waals surface area (Å²) in [5, 5.41) is 0. The van der Waals surface area contributed by atoms with Crippen molar-refractivity contribution in [1.82, 2.24) is 0 Å². The zero-order valence-electron chi connectivity index (χ0n) is 46.5. The summed E-state index contributed by atoms with van der Waals surface area (Å²) in [6.45, 7) is 6.46. The highest BCUT2D eigenvalue weighted by molar-refractivity contribution is 5.71. The predicted molar refractivity (Wildman–Crippen MR) is 307 cm³/mol. The molecule has 406 valence electrons. The first kappa shape index (κ1) is 67.3. The molecule has 0 aromatic heterocycles. The summed E-state index contributed by atoms with van der Waals surface area (Å²) in [5.74, 6) is -0.895. The third kappa shape index (κ3) is 57.1. The molecule has 0 aromatic rings. The second-order valence-corrected chi connectivity index (χ2v) is 19.5. The molecule has 71 heavy (non-hydrogen) atoms. The predicted octanol–water partition coefficient (Wildman–Crippen LogP) is 20.1. The molecule has 6 heteroatoms. The molecule has 1 atom stereocenters. The van der Waals surface area contributed by atoms with E-state index >= 15 is 0 Å². The van der Waals surface area contributed by atoms with Gasteiger partial charge in [-0.15, -0.1) is 0 Å². The van der Waals surface area contributed by atoms with E-state index in [1.54, 1.807) is 0 Å². The first-order valence-electron chi connectivity index (χ1n) is 29.7. The van der Waals surface area contributed by atoms with E-state index < -0.39 is 6.10 Å². The summed E-state index contributed by atoms with van der Waals surface area (Å²) in [5.41, 5.74) is 0. The minimum Gasteiger partial charge on any atom is -0.462 e. The molecule has 0 saturated heterocycles. The lowest BCUT2D eigenvalue weighted by Crippen LogP contribution is -2.30. The van der Waals surface area contributed by atoms with Gasteiger partial charge >= 0.3 is 17.9 Å². The molecule has 0 N–H and O–H groups in total. The molecule has 0 aliphatic carbocycles. The third-order valence-corrected chi connectivity index (χ3v) is 12.6. The molecule has 0 rings (SSSR count). The Labute approximate surface area is 438 Å². The fourth-order valence-corrected chi connectivity index (χ4v) is 8.12. The Bertz CT molecular complexity index is 1410. The fraction of sp³-hybridized carbons (Fsp3) is 0.708. The number of rotatable bonds is 53. The van der Waals surface area contributed by atoms with Crippen molar-refractivity contribution < 1.29 is 28.6 Å². The van der Waals surface area contributed by atoms with Gasteiger partial charge in [0.25, 0.3) is 0 Å². The van der Waals surface area contributed by atoms with Crippen molar-refractivity contribution in [2.45, 2.75) is 284 Å². The summed E-state index contributed by atoms with van der Waals surface area (Å²) >= 11 is 0. The second kappa shape index (κ2) is 58.9. The second-order valence-electron chi connectivity index (χ2n) is 19.5. The van der Waals surface area contributed by atoms with Crippen LogP contribution in [0.2, 0.25) is 0 Å². The van der Waals surface area contributed by atoms with Crippen molar-refractivity contribution in [3.05, 3.63) is 97.2 Å². The minimum atomic E-state index is -0.778. The maximum absolute atomic E-state index is 12.8. The van der Waals surface area contributed by atoms with Crippen LogP contribution < -0.4 is 0 Å². The van der Waals surface area contributed by atoms with Crippen LogP contribution in [0, 0.1) is 0 Å². The maximum Gasteiger partial charge on any atom is 0.306 e. The lowest BCUT2D eigenvalue weighted by molar-refractivity contribution is -0.167. The number of hydrogen-bond donors (Lipinski definition) is 0. The van der Waals surface area contributed by atoms with Gasteiger partial charge in [-0.3, -0.25) is 14.4 Å². The molecule has 0 aliphatic rings. The largest absolute Gasteiger partial charge is 0.462 e. The standard InChI is InChI=1S/C65H110O6/c1-4-7-10-13-16-18-20-22-23-24-25-26-27-28-29-30-31-32-33-34-35-36-37-38-39-40-41-43-44-46-49-52-55-58-64(67)70-61-62(60-69-63(66)57-54-51-48-15-12-9-6-3)71-65(68)59-56-53-50-47-45-42-21-19-17-14-11-8-5-2/h7,10,16,18-19,21-23,25-26,28-29,31-32,34-35,62H,4-6,8-9,11-15,17,20,24,27,30,33,36-61H2,1-3H3/b10-7-,18-16-,21-19-,23-22-,26-25-,29-28-,32-31-,35-34-. The van der Waals surface area contributed by atoms with Gasteiger partial charge in [-0.05, 0) is 103 Å². The van der Waals surface area contributed by atoms with Crippen LogP contribution in [0.4, 0.5) is 0 Å². The number of unbranched alkanes of at least 4 members (excludes halogenated alkanes) is 26. The van der Waals surface area contributed by atoms with Crippen molar-refractivity contribution >= 4 is 17.9 Å². The van der Waals surface area contributed by atoms with Crippen molar-refractivity contribution in [3.8, 4) is 0 Å². The van der Waals surface area contributed by atoms with E-state index in [0.717, 1.165) is 116 Å². The molecule has 0 saturated carbocycles. The summed E-state index contributed by atoms with van der Waals surface area (Å²) in [4.78, 5) is 37.9. The Balaban J connectivity index is 4.07. The van der Waals surface area contributed by atoms with Gasteiger partial charge in [0.05, 0.1) is 0 Å². The highest BCUT2D eigenvalue weighted by Gasteiger charge is 2.19. The van der Waals surface area contributed by atoms with Gasteiger partial charge in [-0.25, -0.2) is 0 Å². The molecule has 6 nitrogen and oxygen atoms in total. The SMILES string of the molecule is CC/C=C\C/C=C\C/C=C\C/C=C\C/C=C\C/C=C\C/C=C\CCCCCCCCCCCCCC(=O)OCC(COC(=O)CCCCCCCCC)OC(=O)CCCCCCC/C=C\CCCCCC. The zero-order chi connectivity index (χ0) is 51.4. The van der Waals surface area contributed by atoms with Gasteiger partial charge in [0.2, 0.25) is 0 Å². The van der Waals surface area contributed by atoms with Crippen molar-refractivity contribution in [1.29, 1.82) is 0 Å². The first-order chi connectivity index (χ1) is 35.0. The lowest BCUT2D eigenvalue weighted by atomic mass is 10.0. The number of ether oxygens (including phenoxy) is 3. The number of hydrogen-bond acceptors (Lipinski definition) is 6. The molecule has 0 fully saturated rings. The summed E-state index contributed by atoms with van der Waals surface area (Å²) in [6.07, 6.45) is 78.6. The smallest absolute Gasteiger partial charge is 0.306 e. The highest BCUT2D eigenvalue weighted by atomic mass is 16.6. The monoisotopic (exact) mass is 987 g/mol. The third-order valence-electron chi connectivity index (χ3n) is 12.6. The van der Waals surface area contributed by atoms with Gasteiger partial charge in [-0.1, -0.05) is 253 Å². The van der Waals surface area contributed by atoms with Gasteiger partial charge < -0.3 is 14.2 Å². The Morgan fingerprint density at radius 3 is 0.887 bits per heavy atom. The molecule has 0 radical (unpaired) electrons. The van der Waals surface area contributed by atoms with Crippen LogP contribution in [-0.2, 0) is 28.6 Å². The van der Waals surface area contributed by atoms with Crippen molar-refractivity contribution in [2.24, 2.45) is 0 Å². The van der Waals surface area contributed by atoms with Crippen molar-refractivity contribution in [2.75, 3.05) is 13.2 Å². The minimum absolute atomic E-state index is 0.0792. The van der Waals surface area contributed by atoms with Crippen LogP contribution in [0.15, 0.2) is 97.2 Å². The average Bonchev–Trinajstić information content (AvgIpc) is 3.37. The van der Waals surface area contributed by atoms with Crippen LogP contribution in [0.3, 0.4) is 0 Å². The Morgan fingerprint density at radius 2 is 0.549 bits per heavy atom. The highest BCUT2D eigenvalue weighted by Crippen LogP contribution is 2.15. The summed E-state index contributed by atoms with van der Waals surface area (Å²) in [7, 11) is 0. The molecule has 0 bridgehead atoms. The Hall–Kier alpha value is -3.67. The number of allylic oxidation sites excluding steroid dienone is 16. The Kier molecular flexibility index (Phi) is 55.9. The molecule has 0 aromatic carbocycles. The molecular weight excluding hydrogens is 877 g/mol. The summed E-state index contributed by atoms with van der Waals surface area (Å²) < 4.78 is 16.8. The van der Waals surface area contributed by atoms with Crippen LogP contribution in [0.25, 0.3) is 0 Å². The summed E-state index contributed by atoms with van der Waals surface area (Å²) in [6, 6.07) is 0. The van der Waals surface area contributed by atoms with E-state index in [1.165, 1.54) is 122 Å². The lowest BCUT2D eigenvalue weighted by Gasteiger charge is -2.18. The fourth-order valence-electron chi connectivity index (χ4n) is 8.12. The van der Waals surface area contributed by atoms with E-state index in [1.807, 2.05) is 0 Å². The number of carbonyl (C=O) groups is 3. The Morgan fingerprint density at radius 1 is 0.296 bits per heavy atom. The van der Waals surface area contributed by atoms with E-state index in [2.05, 4.69) is 118 Å². The molecule has 0 heterocycles. The van der Waals surface area contributed by atoms with E-state index in [-0.39, 0.29) is 31.1 Å². The quantitative estimate of drug-likeness (QED) is 0.0261. The van der Waals surface area contributed by atoms with E-state index in [9.17, 15) is 14.4 Å². The zero-order valence-corrected chi connectivity index (χ0v) is 46.5. The number of esters is 3. The molecule has 0 amide bonds. The van der Waals surface area contributed by atoms with E-state index in [0.29, 0.717) is 19.3 Å². The average molecular weight is 988 g/mol. The van der Waals surface area contributed by atoms with Gasteiger partial charge in [-0.2, -0.15) is 0 Å². The van der Waals surface area contributed by atoms with Gasteiger partial charge in [0.15, 0.2) is 6.10 Å². The molecule has 0 spiro atoms. The van der Waals surface area contributed by atoms with Gasteiger partial charge in [0, 0.05) is 19.3 Å².